The van der Waals surface area contributed by atoms with Gasteiger partial charge in [0.1, 0.15) is 5.92 Å². The molecule has 8 heteroatoms. The average Bonchev–Trinajstić information content (AvgIpc) is 3.19. The normalized spacial score (nSPS) is 27.3. The van der Waals surface area contributed by atoms with Gasteiger partial charge < -0.3 is 18.9 Å². The Morgan fingerprint density at radius 1 is 1.10 bits per heavy atom. The molecule has 1 aromatic rings. The van der Waals surface area contributed by atoms with E-state index in [0.717, 1.165) is 0 Å². The first-order valence-electron chi connectivity index (χ1n) is 9.75. The predicted octanol–water partition coefficient (Wildman–Crippen LogP) is 2.41. The number of hydrogen-bond acceptors (Lipinski definition) is 8. The van der Waals surface area contributed by atoms with Crippen molar-refractivity contribution >= 4 is 23.4 Å². The van der Waals surface area contributed by atoms with Gasteiger partial charge in [0.05, 0.1) is 25.7 Å². The Morgan fingerprint density at radius 2 is 1.83 bits per heavy atom. The van der Waals surface area contributed by atoms with Crippen LogP contribution in [0.4, 0.5) is 0 Å². The Kier molecular flexibility index (Phi) is 5.09. The highest BCUT2D eigenvalue weighted by molar-refractivity contribution is 6.17. The Bertz CT molecular complexity index is 993. The number of fused-ring (bicyclic) bond motifs is 2. The second-order valence-electron chi connectivity index (χ2n) is 7.75. The van der Waals surface area contributed by atoms with Gasteiger partial charge in [0.2, 0.25) is 6.79 Å². The van der Waals surface area contributed by atoms with Crippen LogP contribution in [0.15, 0.2) is 34.5 Å². The van der Waals surface area contributed by atoms with Crippen LogP contribution in [0.5, 0.6) is 11.5 Å². The maximum atomic E-state index is 13.5. The van der Waals surface area contributed by atoms with E-state index < -0.39 is 29.7 Å². The molecule has 1 unspecified atom stereocenters. The largest absolute Gasteiger partial charge is 0.468 e. The number of hydrogen-bond donors (Lipinski definition) is 0. The van der Waals surface area contributed by atoms with Gasteiger partial charge in [-0.2, -0.15) is 0 Å². The fourth-order valence-corrected chi connectivity index (χ4v) is 4.68. The van der Waals surface area contributed by atoms with E-state index in [9.17, 15) is 14.4 Å². The molecule has 0 radical (unpaired) electrons. The summed E-state index contributed by atoms with van der Waals surface area (Å²) in [4.78, 5) is 43.2. The molecule has 158 valence electrons. The number of carbonyl (C=O) groups excluding carboxylic acids is 3. The van der Waals surface area contributed by atoms with Crippen LogP contribution in [0.1, 0.15) is 31.7 Å². The zero-order chi connectivity index (χ0) is 21.6. The van der Waals surface area contributed by atoms with Crippen molar-refractivity contribution in [3.8, 4) is 11.5 Å². The minimum Gasteiger partial charge on any atom is -0.468 e. The second-order valence-corrected chi connectivity index (χ2v) is 7.75. The zero-order valence-electron chi connectivity index (χ0n) is 17.3. The molecule has 0 aromatic heterocycles. The Hall–Kier alpha value is -3.16. The van der Waals surface area contributed by atoms with Crippen molar-refractivity contribution in [2.75, 3.05) is 21.0 Å². The summed E-state index contributed by atoms with van der Waals surface area (Å²) in [6.07, 6.45) is 0.461. The van der Waals surface area contributed by atoms with Crippen LogP contribution in [-0.4, -0.2) is 44.4 Å². The number of carbonyl (C=O) groups is 3. The summed E-state index contributed by atoms with van der Waals surface area (Å²) < 4.78 is 20.8. The molecule has 2 heterocycles. The molecule has 0 N–H and O–H groups in total. The third-order valence-corrected chi connectivity index (χ3v) is 6.03. The number of rotatable bonds is 3. The lowest BCUT2D eigenvalue weighted by atomic mass is 9.63. The number of Topliss-reactive ketones (excluding diaryl/α,β-unsaturated/α-hetero) is 1. The molecule has 0 amide bonds. The highest BCUT2D eigenvalue weighted by Gasteiger charge is 2.51. The van der Waals surface area contributed by atoms with E-state index in [1.54, 1.807) is 25.1 Å². The molecule has 0 saturated heterocycles. The van der Waals surface area contributed by atoms with Gasteiger partial charge in [-0.3, -0.25) is 14.6 Å². The molecule has 4 rings (SSSR count). The smallest absolute Gasteiger partial charge is 0.336 e. The first-order valence-corrected chi connectivity index (χ1v) is 9.75. The molecular weight excluding hydrogens is 390 g/mol. The van der Waals surface area contributed by atoms with Gasteiger partial charge in [0.15, 0.2) is 17.3 Å². The predicted molar refractivity (Wildman–Crippen MR) is 105 cm³/mol. The van der Waals surface area contributed by atoms with Crippen molar-refractivity contribution in [2.24, 2.45) is 22.7 Å². The van der Waals surface area contributed by atoms with E-state index in [4.69, 9.17) is 18.9 Å². The summed E-state index contributed by atoms with van der Waals surface area (Å²) in [7, 11) is 2.56. The van der Waals surface area contributed by atoms with E-state index >= 15 is 0 Å². The van der Waals surface area contributed by atoms with Crippen molar-refractivity contribution in [2.45, 2.75) is 26.2 Å². The van der Waals surface area contributed by atoms with E-state index in [1.807, 2.05) is 6.92 Å². The summed E-state index contributed by atoms with van der Waals surface area (Å²) in [6.45, 7) is 3.68. The summed E-state index contributed by atoms with van der Waals surface area (Å²) in [5.74, 6) is -2.84. The Morgan fingerprint density at radius 3 is 2.53 bits per heavy atom. The number of benzene rings is 1. The van der Waals surface area contributed by atoms with Crippen LogP contribution < -0.4 is 9.47 Å². The maximum absolute atomic E-state index is 13.5. The van der Waals surface area contributed by atoms with E-state index in [1.165, 1.54) is 14.2 Å². The second kappa shape index (κ2) is 7.59. The van der Waals surface area contributed by atoms with Gasteiger partial charge in [0.25, 0.3) is 0 Å². The lowest BCUT2D eigenvalue weighted by Gasteiger charge is -2.39. The maximum Gasteiger partial charge on any atom is 0.336 e. The van der Waals surface area contributed by atoms with Crippen LogP contribution >= 0.6 is 0 Å². The number of ether oxygens (including phenoxy) is 4. The van der Waals surface area contributed by atoms with Crippen molar-refractivity contribution in [1.29, 1.82) is 0 Å². The minimum atomic E-state index is -0.909. The topological polar surface area (TPSA) is 100 Å². The molecule has 1 saturated carbocycles. The zero-order valence-corrected chi connectivity index (χ0v) is 17.3. The molecule has 1 aromatic carbocycles. The molecule has 3 aliphatic rings. The number of esters is 2. The summed E-state index contributed by atoms with van der Waals surface area (Å²) in [5, 5.41) is 0. The number of allylic oxidation sites excluding steroid dienone is 1. The van der Waals surface area contributed by atoms with Crippen molar-refractivity contribution in [3.63, 3.8) is 0 Å². The van der Waals surface area contributed by atoms with Gasteiger partial charge >= 0.3 is 11.9 Å². The lowest BCUT2D eigenvalue weighted by molar-refractivity contribution is -0.152. The van der Waals surface area contributed by atoms with Crippen LogP contribution in [0.25, 0.3) is 0 Å². The monoisotopic (exact) mass is 413 g/mol. The van der Waals surface area contributed by atoms with Crippen LogP contribution in [-0.2, 0) is 23.9 Å². The molecule has 4 atom stereocenters. The fourth-order valence-electron chi connectivity index (χ4n) is 4.68. The standard InChI is InChI=1S/C22H23NO7/c1-10-7-13-19(20(24)16(10)21(25)27-3)18(17(11(2)23-13)22(26)28-4)12-5-6-14-15(8-12)30-9-29-14/h5-6,8,10,16,18-19H,7,9H2,1-4H3/t10-,16-,18+,19?/m1/s1. The quantitative estimate of drug-likeness (QED) is 0.554. The molecular formula is C22H23NO7. The summed E-state index contributed by atoms with van der Waals surface area (Å²) >= 11 is 0. The van der Waals surface area contributed by atoms with E-state index in [0.29, 0.717) is 40.5 Å². The highest BCUT2D eigenvalue weighted by Crippen LogP contribution is 2.47. The van der Waals surface area contributed by atoms with E-state index in [2.05, 4.69) is 4.99 Å². The van der Waals surface area contributed by atoms with Gasteiger partial charge in [0, 0.05) is 17.3 Å². The Labute approximate surface area is 173 Å². The molecule has 1 fully saturated rings. The molecule has 8 nitrogen and oxygen atoms in total. The number of aliphatic imine (C=N–C) groups is 1. The average molecular weight is 413 g/mol. The number of ketones is 1. The highest BCUT2D eigenvalue weighted by atomic mass is 16.7. The van der Waals surface area contributed by atoms with Crippen molar-refractivity contribution < 1.29 is 33.3 Å². The lowest BCUT2D eigenvalue weighted by Crippen LogP contribution is -2.48. The number of methoxy groups -OCH3 is 2. The molecule has 0 spiro atoms. The summed E-state index contributed by atoms with van der Waals surface area (Å²) in [6, 6.07) is 5.32. The van der Waals surface area contributed by atoms with Gasteiger partial charge in [-0.15, -0.1) is 0 Å². The number of nitrogens with zero attached hydrogens (tertiary/aromatic N) is 1. The van der Waals surface area contributed by atoms with E-state index in [-0.39, 0.29) is 18.5 Å². The molecule has 2 aliphatic heterocycles. The molecule has 1 aliphatic carbocycles. The van der Waals surface area contributed by atoms with Crippen molar-refractivity contribution in [3.05, 3.63) is 35.0 Å². The first kappa shape index (κ1) is 20.1. The fraction of sp³-hybridized carbons (Fsp3) is 0.455. The third-order valence-electron chi connectivity index (χ3n) is 6.03. The summed E-state index contributed by atoms with van der Waals surface area (Å²) in [5.41, 5.74) is 2.17. The van der Waals surface area contributed by atoms with Crippen LogP contribution in [0, 0.1) is 17.8 Å². The van der Waals surface area contributed by atoms with Gasteiger partial charge in [-0.25, -0.2) is 4.79 Å². The Balaban J connectivity index is 1.87. The van der Waals surface area contributed by atoms with Crippen molar-refractivity contribution in [1.82, 2.24) is 0 Å². The SMILES string of the molecule is COC(=O)C1=C(C)N=C2C[C@@H](C)[C@@H](C(=O)OC)C(=O)C2[C@H]1c1ccc2c(c1)OCO2. The minimum absolute atomic E-state index is 0.110. The first-order chi connectivity index (χ1) is 14.4. The van der Waals surface area contributed by atoms with Crippen LogP contribution in [0.3, 0.4) is 0 Å². The molecule has 30 heavy (non-hydrogen) atoms. The van der Waals surface area contributed by atoms with Gasteiger partial charge in [-0.1, -0.05) is 13.0 Å². The van der Waals surface area contributed by atoms with Crippen LogP contribution in [0.2, 0.25) is 0 Å². The molecule has 0 bridgehead atoms. The van der Waals surface area contributed by atoms with Gasteiger partial charge in [-0.05, 0) is 37.0 Å². The third kappa shape index (κ3) is 3.07.